The first kappa shape index (κ1) is 30.8. The van der Waals surface area contributed by atoms with Crippen LogP contribution in [0.5, 0.6) is 0 Å². The second-order valence-electron chi connectivity index (χ2n) is 15.5. The van der Waals surface area contributed by atoms with E-state index >= 15 is 0 Å². The molecule has 0 bridgehead atoms. The average molecular weight is 722 g/mol. The van der Waals surface area contributed by atoms with Crippen LogP contribution in [0.4, 0.5) is 0 Å². The first-order chi connectivity index (χ1) is 28.3. The third-order valence-corrected chi connectivity index (χ3v) is 12.7. The number of benzene rings is 10. The van der Waals surface area contributed by atoms with E-state index in [1.165, 1.54) is 87.2 Å². The SMILES string of the molecule is c1ccc(-c2nc(-c3ccc4c(c3)-c3ccccc3C43c4cccc5ccc6cccc3c6c45)nc(-c3ccc4c5ccccc5c5ccccc5c4c3)n2)cc1. The minimum absolute atomic E-state index is 0.412. The lowest BCUT2D eigenvalue weighted by Gasteiger charge is -2.30. The molecule has 3 heteroatoms. The smallest absolute Gasteiger partial charge is 0.164 e. The second-order valence-corrected chi connectivity index (χ2v) is 15.5. The van der Waals surface area contributed by atoms with Crippen LogP contribution in [0.3, 0.4) is 0 Å². The zero-order valence-electron chi connectivity index (χ0n) is 30.7. The van der Waals surface area contributed by atoms with Gasteiger partial charge in [-0.2, -0.15) is 0 Å². The summed E-state index contributed by atoms with van der Waals surface area (Å²) in [5.41, 5.74) is 10.3. The fraction of sp³-hybridized carbons (Fsp3) is 0.0185. The number of nitrogens with zero attached hydrogens (tertiary/aromatic N) is 3. The van der Waals surface area contributed by atoms with E-state index in [0.717, 1.165) is 16.7 Å². The number of hydrogen-bond acceptors (Lipinski definition) is 3. The van der Waals surface area contributed by atoms with Gasteiger partial charge in [0.2, 0.25) is 0 Å². The predicted molar refractivity (Wildman–Crippen MR) is 235 cm³/mol. The monoisotopic (exact) mass is 721 g/mol. The lowest BCUT2D eigenvalue weighted by atomic mass is 9.70. The Morgan fingerprint density at radius 1 is 0.281 bits per heavy atom. The average Bonchev–Trinajstić information content (AvgIpc) is 3.76. The van der Waals surface area contributed by atoms with Crippen LogP contribution in [0.2, 0.25) is 0 Å². The molecule has 0 aliphatic heterocycles. The third kappa shape index (κ3) is 4.07. The van der Waals surface area contributed by atoms with E-state index in [9.17, 15) is 0 Å². The predicted octanol–water partition coefficient (Wildman–Crippen LogP) is 13.3. The number of fused-ring (bicyclic) bond motifs is 13. The summed E-state index contributed by atoms with van der Waals surface area (Å²) < 4.78 is 0. The number of aromatic nitrogens is 3. The fourth-order valence-electron chi connectivity index (χ4n) is 10.3. The Balaban J connectivity index is 1.04. The summed E-state index contributed by atoms with van der Waals surface area (Å²) in [6.45, 7) is 0. The molecule has 262 valence electrons. The lowest BCUT2D eigenvalue weighted by Crippen LogP contribution is -2.26. The molecule has 0 unspecified atom stereocenters. The fourth-order valence-corrected chi connectivity index (χ4v) is 10.3. The Labute approximate surface area is 328 Å². The van der Waals surface area contributed by atoms with Gasteiger partial charge < -0.3 is 0 Å². The maximum Gasteiger partial charge on any atom is 0.164 e. The van der Waals surface area contributed by atoms with Gasteiger partial charge in [0, 0.05) is 16.7 Å². The highest BCUT2D eigenvalue weighted by Gasteiger charge is 2.50. The molecule has 10 aromatic carbocycles. The van der Waals surface area contributed by atoms with Crippen LogP contribution in [-0.2, 0) is 5.41 Å². The Hall–Kier alpha value is -7.49. The summed E-state index contributed by atoms with van der Waals surface area (Å²) >= 11 is 0. The highest BCUT2D eigenvalue weighted by molar-refractivity contribution is 6.25. The van der Waals surface area contributed by atoms with Gasteiger partial charge in [-0.3, -0.25) is 0 Å². The maximum absolute atomic E-state index is 5.29. The van der Waals surface area contributed by atoms with Gasteiger partial charge in [-0.1, -0.05) is 176 Å². The Morgan fingerprint density at radius 3 is 1.40 bits per heavy atom. The molecule has 1 aromatic heterocycles. The van der Waals surface area contributed by atoms with E-state index in [2.05, 4.69) is 170 Å². The van der Waals surface area contributed by atoms with E-state index in [1.54, 1.807) is 0 Å². The van der Waals surface area contributed by atoms with Crippen molar-refractivity contribution in [2.75, 3.05) is 0 Å². The molecule has 2 aliphatic rings. The van der Waals surface area contributed by atoms with Crippen molar-refractivity contribution < 1.29 is 0 Å². The van der Waals surface area contributed by atoms with Gasteiger partial charge in [0.25, 0.3) is 0 Å². The molecule has 2 aliphatic carbocycles. The van der Waals surface area contributed by atoms with Crippen LogP contribution in [-0.4, -0.2) is 15.0 Å². The molecule has 0 N–H and O–H groups in total. The Kier molecular flexibility index (Phi) is 6.10. The van der Waals surface area contributed by atoms with Crippen LogP contribution in [0.25, 0.3) is 99.2 Å². The van der Waals surface area contributed by atoms with Crippen molar-refractivity contribution in [1.82, 2.24) is 15.0 Å². The van der Waals surface area contributed by atoms with Gasteiger partial charge >= 0.3 is 0 Å². The Bertz CT molecular complexity index is 3430. The lowest BCUT2D eigenvalue weighted by molar-refractivity contribution is 0.797. The van der Waals surface area contributed by atoms with Crippen LogP contribution < -0.4 is 0 Å². The summed E-state index contributed by atoms with van der Waals surface area (Å²) in [5.74, 6) is 1.96. The van der Waals surface area contributed by atoms with E-state index in [-0.39, 0.29) is 0 Å². The quantitative estimate of drug-likeness (QED) is 0.171. The summed E-state index contributed by atoms with van der Waals surface area (Å²) in [5, 5.41) is 12.7. The van der Waals surface area contributed by atoms with Crippen molar-refractivity contribution >= 4 is 53.9 Å². The number of hydrogen-bond donors (Lipinski definition) is 0. The molecule has 0 saturated heterocycles. The second kappa shape index (κ2) is 11.3. The summed E-state index contributed by atoms with van der Waals surface area (Å²) in [6, 6.07) is 68.4. The molecule has 3 nitrogen and oxygen atoms in total. The van der Waals surface area contributed by atoms with Gasteiger partial charge in [0.15, 0.2) is 17.5 Å². The van der Waals surface area contributed by atoms with E-state index in [1.807, 2.05) is 18.2 Å². The minimum atomic E-state index is -0.412. The first-order valence-corrected chi connectivity index (χ1v) is 19.6. The Morgan fingerprint density at radius 2 is 0.754 bits per heavy atom. The molecule has 13 rings (SSSR count). The standard InChI is InChI=1S/C54H31N3/c1-2-12-34(13-3-1)51-55-52(35-26-28-41-39-18-5-4-16-37(39)38-17-6-7-19-40(38)43(41)30-35)57-53(56-51)36-27-29-46-44(31-36)42-20-8-9-21-45(42)54(46)47-22-10-14-32-24-25-33-15-11-23-48(54)50(33)49(32)47/h1-31H. The molecular weight excluding hydrogens is 691 g/mol. The molecule has 0 saturated carbocycles. The van der Waals surface area contributed by atoms with Crippen LogP contribution in [0.1, 0.15) is 22.3 Å². The third-order valence-electron chi connectivity index (χ3n) is 12.7. The van der Waals surface area contributed by atoms with Crippen LogP contribution in [0.15, 0.2) is 188 Å². The number of rotatable bonds is 3. The highest BCUT2D eigenvalue weighted by Crippen LogP contribution is 2.62. The van der Waals surface area contributed by atoms with Gasteiger partial charge in [0.05, 0.1) is 5.41 Å². The van der Waals surface area contributed by atoms with Crippen molar-refractivity contribution in [1.29, 1.82) is 0 Å². The van der Waals surface area contributed by atoms with Gasteiger partial charge in [-0.05, 0) is 99.4 Å². The van der Waals surface area contributed by atoms with Crippen molar-refractivity contribution in [2.24, 2.45) is 0 Å². The zero-order chi connectivity index (χ0) is 37.2. The molecule has 1 spiro atoms. The van der Waals surface area contributed by atoms with Crippen molar-refractivity contribution in [3.05, 3.63) is 210 Å². The summed E-state index contributed by atoms with van der Waals surface area (Å²) in [6.07, 6.45) is 0. The molecule has 0 radical (unpaired) electrons. The van der Waals surface area contributed by atoms with Gasteiger partial charge in [-0.25, -0.2) is 15.0 Å². The van der Waals surface area contributed by atoms with Gasteiger partial charge in [-0.15, -0.1) is 0 Å². The normalized spacial score (nSPS) is 13.4. The molecule has 57 heavy (non-hydrogen) atoms. The topological polar surface area (TPSA) is 38.7 Å². The summed E-state index contributed by atoms with van der Waals surface area (Å²) in [4.78, 5) is 15.6. The van der Waals surface area contributed by atoms with Crippen LogP contribution >= 0.6 is 0 Å². The molecule has 0 atom stereocenters. The van der Waals surface area contributed by atoms with Crippen molar-refractivity contribution in [2.45, 2.75) is 5.41 Å². The largest absolute Gasteiger partial charge is 0.208 e. The minimum Gasteiger partial charge on any atom is -0.208 e. The van der Waals surface area contributed by atoms with Crippen molar-refractivity contribution in [3.63, 3.8) is 0 Å². The molecule has 0 fully saturated rings. The highest BCUT2D eigenvalue weighted by atomic mass is 15.0. The molecule has 0 amide bonds. The molecule has 11 aromatic rings. The zero-order valence-corrected chi connectivity index (χ0v) is 30.7. The van der Waals surface area contributed by atoms with Crippen LogP contribution in [0, 0.1) is 0 Å². The molecule has 1 heterocycles. The molecular formula is C54H31N3. The van der Waals surface area contributed by atoms with E-state index in [4.69, 9.17) is 15.0 Å². The van der Waals surface area contributed by atoms with Gasteiger partial charge in [0.1, 0.15) is 0 Å². The first-order valence-electron chi connectivity index (χ1n) is 19.6. The summed E-state index contributed by atoms with van der Waals surface area (Å²) in [7, 11) is 0. The van der Waals surface area contributed by atoms with E-state index in [0.29, 0.717) is 17.5 Å². The maximum atomic E-state index is 5.29. The van der Waals surface area contributed by atoms with Crippen molar-refractivity contribution in [3.8, 4) is 45.3 Å². The van der Waals surface area contributed by atoms with E-state index < -0.39 is 5.41 Å².